The molecule has 0 radical (unpaired) electrons. The Morgan fingerprint density at radius 2 is 1.75 bits per heavy atom. The van der Waals surface area contributed by atoms with Crippen molar-refractivity contribution < 1.29 is 22.3 Å². The lowest BCUT2D eigenvalue weighted by Crippen LogP contribution is -2.29. The second-order valence-electron chi connectivity index (χ2n) is 7.73. The van der Waals surface area contributed by atoms with Crippen LogP contribution in [0, 0.1) is 5.82 Å². The quantitative estimate of drug-likeness (QED) is 0.337. The monoisotopic (exact) mass is 516 g/mol. The summed E-state index contributed by atoms with van der Waals surface area (Å²) in [6.07, 6.45) is 3.71. The summed E-state index contributed by atoms with van der Waals surface area (Å²) in [5, 5.41) is 11.9. The number of aryl methyl sites for hydroxylation is 1. The molecular weight excluding hydrogens is 491 g/mol. The minimum absolute atomic E-state index is 0.0461. The van der Waals surface area contributed by atoms with E-state index in [9.17, 15) is 12.8 Å². The van der Waals surface area contributed by atoms with Crippen molar-refractivity contribution in [1.29, 1.82) is 0 Å². The molecule has 1 aromatic carbocycles. The van der Waals surface area contributed by atoms with E-state index in [4.69, 9.17) is 9.47 Å². The van der Waals surface area contributed by atoms with Gasteiger partial charge in [-0.3, -0.25) is 14.0 Å². The van der Waals surface area contributed by atoms with Crippen molar-refractivity contribution in [1.82, 2.24) is 34.5 Å². The Morgan fingerprint density at radius 3 is 2.33 bits per heavy atom. The Hall–Kier alpha value is -4.07. The number of aromatic nitrogens is 7. The number of benzene rings is 1. The van der Waals surface area contributed by atoms with Crippen LogP contribution >= 0.6 is 0 Å². The Bertz CT molecular complexity index is 1430. The Morgan fingerprint density at radius 1 is 1.08 bits per heavy atom. The summed E-state index contributed by atoms with van der Waals surface area (Å²) in [7, 11) is -1.04. The molecule has 1 atom stereocenters. The van der Waals surface area contributed by atoms with E-state index in [1.807, 2.05) is 6.92 Å². The van der Waals surface area contributed by atoms with Crippen LogP contribution in [0.5, 0.6) is 11.5 Å². The average Bonchev–Trinajstić information content (AvgIpc) is 3.51. The van der Waals surface area contributed by atoms with Crippen LogP contribution in [-0.2, 0) is 23.0 Å². The highest BCUT2D eigenvalue weighted by atomic mass is 32.2. The molecule has 0 amide bonds. The number of sulfonamides is 1. The summed E-state index contributed by atoms with van der Waals surface area (Å²) in [4.78, 5) is 7.70. The third kappa shape index (κ3) is 4.98. The first-order valence-electron chi connectivity index (χ1n) is 11.0. The molecule has 0 saturated heterocycles. The molecule has 0 unspecified atom stereocenters. The number of ether oxygens (including phenoxy) is 2. The van der Waals surface area contributed by atoms with E-state index in [1.54, 1.807) is 35.1 Å². The number of para-hydroxylation sites is 1. The standard InChI is InChI=1S/C22H25FN8O4S/c1-5-30-10-9-16(28-30)21-26-27-22(31(21)20-17(34-3)7-6-8-18(20)35-4)29-36(32,33)14(2)11-19-24-12-15(23)13-25-19/h6-10,12-14H,5,11H2,1-4H3,(H,27,29)/t14-/m0/s1. The van der Waals surface area contributed by atoms with Gasteiger partial charge in [-0.15, -0.1) is 10.2 Å². The number of hydrogen-bond donors (Lipinski definition) is 1. The van der Waals surface area contributed by atoms with Crippen LogP contribution in [0.2, 0.25) is 0 Å². The number of anilines is 1. The van der Waals surface area contributed by atoms with Crippen molar-refractivity contribution in [2.75, 3.05) is 18.9 Å². The smallest absolute Gasteiger partial charge is 0.243 e. The van der Waals surface area contributed by atoms with Gasteiger partial charge in [-0.1, -0.05) is 6.07 Å². The van der Waals surface area contributed by atoms with Gasteiger partial charge in [0.05, 0.1) is 31.9 Å². The first-order valence-corrected chi connectivity index (χ1v) is 12.5. The summed E-state index contributed by atoms with van der Waals surface area (Å²) in [5.41, 5.74) is 0.858. The van der Waals surface area contributed by atoms with E-state index in [2.05, 4.69) is 30.0 Å². The van der Waals surface area contributed by atoms with Gasteiger partial charge in [0.2, 0.25) is 16.0 Å². The van der Waals surface area contributed by atoms with Crippen LogP contribution < -0.4 is 14.2 Å². The molecule has 3 heterocycles. The molecular formula is C22H25FN8O4S. The van der Waals surface area contributed by atoms with E-state index in [-0.39, 0.29) is 24.0 Å². The van der Waals surface area contributed by atoms with Gasteiger partial charge in [-0.25, -0.2) is 22.8 Å². The molecule has 0 spiro atoms. The van der Waals surface area contributed by atoms with Gasteiger partial charge in [0, 0.05) is 19.2 Å². The van der Waals surface area contributed by atoms with Crippen molar-refractivity contribution in [2.24, 2.45) is 0 Å². The second-order valence-corrected chi connectivity index (χ2v) is 9.83. The summed E-state index contributed by atoms with van der Waals surface area (Å²) in [6, 6.07) is 6.91. The molecule has 0 aliphatic heterocycles. The van der Waals surface area contributed by atoms with Crippen LogP contribution in [0.25, 0.3) is 17.2 Å². The molecule has 0 aliphatic carbocycles. The number of nitrogens with zero attached hydrogens (tertiary/aromatic N) is 7. The largest absolute Gasteiger partial charge is 0.494 e. The van der Waals surface area contributed by atoms with E-state index in [0.29, 0.717) is 29.4 Å². The first kappa shape index (κ1) is 25.0. The highest BCUT2D eigenvalue weighted by Crippen LogP contribution is 2.37. The average molecular weight is 517 g/mol. The van der Waals surface area contributed by atoms with E-state index in [0.717, 1.165) is 12.4 Å². The zero-order chi connectivity index (χ0) is 25.9. The molecule has 36 heavy (non-hydrogen) atoms. The predicted molar refractivity (Wildman–Crippen MR) is 129 cm³/mol. The lowest BCUT2D eigenvalue weighted by atomic mass is 10.2. The molecule has 14 heteroatoms. The highest BCUT2D eigenvalue weighted by Gasteiger charge is 2.29. The number of nitrogens with one attached hydrogen (secondary N) is 1. The third-order valence-corrected chi connectivity index (χ3v) is 7.08. The molecule has 0 aliphatic rings. The first-order chi connectivity index (χ1) is 17.3. The zero-order valence-electron chi connectivity index (χ0n) is 20.1. The molecule has 4 rings (SSSR count). The molecule has 3 aromatic heterocycles. The maximum absolute atomic E-state index is 13.3. The molecule has 190 valence electrons. The summed E-state index contributed by atoms with van der Waals surface area (Å²) >= 11 is 0. The van der Waals surface area contributed by atoms with Crippen molar-refractivity contribution in [3.8, 4) is 28.7 Å². The van der Waals surface area contributed by atoms with Gasteiger partial charge in [0.15, 0.2) is 11.6 Å². The van der Waals surface area contributed by atoms with Crippen molar-refractivity contribution in [3.63, 3.8) is 0 Å². The number of methoxy groups -OCH3 is 2. The lowest BCUT2D eigenvalue weighted by Gasteiger charge is -2.18. The van der Waals surface area contributed by atoms with Gasteiger partial charge >= 0.3 is 0 Å². The maximum Gasteiger partial charge on any atom is 0.243 e. The van der Waals surface area contributed by atoms with Gasteiger partial charge in [0.1, 0.15) is 28.7 Å². The molecule has 0 fully saturated rings. The topological polar surface area (TPSA) is 139 Å². The molecule has 0 saturated carbocycles. The Labute approximate surface area is 207 Å². The van der Waals surface area contributed by atoms with Crippen LogP contribution in [0.1, 0.15) is 19.7 Å². The van der Waals surface area contributed by atoms with Crippen LogP contribution in [0.15, 0.2) is 42.9 Å². The molecule has 12 nitrogen and oxygen atoms in total. The van der Waals surface area contributed by atoms with E-state index >= 15 is 0 Å². The molecule has 0 bridgehead atoms. The van der Waals surface area contributed by atoms with Crippen LogP contribution in [-0.4, -0.2) is 62.4 Å². The number of hydrogen-bond acceptors (Lipinski definition) is 9. The fraction of sp³-hybridized carbons (Fsp3) is 0.318. The highest BCUT2D eigenvalue weighted by molar-refractivity contribution is 7.93. The molecule has 1 N–H and O–H groups in total. The van der Waals surface area contributed by atoms with E-state index in [1.165, 1.54) is 25.7 Å². The predicted octanol–water partition coefficient (Wildman–Crippen LogP) is 2.47. The van der Waals surface area contributed by atoms with E-state index < -0.39 is 21.1 Å². The van der Waals surface area contributed by atoms with Crippen molar-refractivity contribution in [2.45, 2.75) is 32.1 Å². The lowest BCUT2D eigenvalue weighted by molar-refractivity contribution is 0.391. The zero-order valence-corrected chi connectivity index (χ0v) is 20.9. The van der Waals surface area contributed by atoms with Gasteiger partial charge in [-0.2, -0.15) is 5.10 Å². The minimum Gasteiger partial charge on any atom is -0.494 e. The Kier molecular flexibility index (Phi) is 7.15. The minimum atomic E-state index is -4.01. The van der Waals surface area contributed by atoms with Crippen LogP contribution in [0.3, 0.4) is 0 Å². The summed E-state index contributed by atoms with van der Waals surface area (Å²) < 4.78 is 56.5. The fourth-order valence-electron chi connectivity index (χ4n) is 3.48. The summed E-state index contributed by atoms with van der Waals surface area (Å²) in [5.74, 6) is 0.567. The van der Waals surface area contributed by atoms with Crippen molar-refractivity contribution in [3.05, 3.63) is 54.5 Å². The SMILES string of the molecule is CCn1ccc(-c2nnc(NS(=O)(=O)[C@@H](C)Cc3ncc(F)cn3)n2-c2c(OC)cccc2OC)n1. The fourth-order valence-corrected chi connectivity index (χ4v) is 4.43. The summed E-state index contributed by atoms with van der Waals surface area (Å²) in [6.45, 7) is 4.06. The van der Waals surface area contributed by atoms with Gasteiger partial charge in [-0.05, 0) is 32.0 Å². The Balaban J connectivity index is 1.79. The van der Waals surface area contributed by atoms with Gasteiger partial charge in [0.25, 0.3) is 0 Å². The van der Waals surface area contributed by atoms with Crippen LogP contribution in [0.4, 0.5) is 10.3 Å². The number of rotatable bonds is 10. The normalized spacial score (nSPS) is 12.4. The number of halogens is 1. The second kappa shape index (κ2) is 10.3. The maximum atomic E-state index is 13.3. The molecule has 4 aromatic rings. The van der Waals surface area contributed by atoms with Crippen molar-refractivity contribution >= 4 is 16.0 Å². The third-order valence-electron chi connectivity index (χ3n) is 5.39. The van der Waals surface area contributed by atoms with Gasteiger partial charge < -0.3 is 9.47 Å².